The maximum absolute atomic E-state index is 11.1. The highest BCUT2D eigenvalue weighted by Crippen LogP contribution is 2.59. The van der Waals surface area contributed by atoms with Gasteiger partial charge in [-0.1, -0.05) is 32.8 Å². The Labute approximate surface area is 117 Å². The molecule has 0 aromatic carbocycles. The van der Waals surface area contributed by atoms with Gasteiger partial charge in [0.05, 0.1) is 0 Å². The zero-order valence-corrected chi connectivity index (χ0v) is 13.1. The Bertz CT molecular complexity index is 405. The lowest BCUT2D eigenvalue weighted by molar-refractivity contribution is -0.140. The fraction of sp³-hybridized carbons (Fsp3) is 0.824. The molecule has 2 heteroatoms. The summed E-state index contributed by atoms with van der Waals surface area (Å²) < 4.78 is 5.34. The molecule has 0 amide bonds. The van der Waals surface area contributed by atoms with Crippen LogP contribution >= 0.6 is 0 Å². The molecule has 0 bridgehead atoms. The maximum Gasteiger partial charge on any atom is 0.302 e. The van der Waals surface area contributed by atoms with Crippen molar-refractivity contribution in [3.8, 4) is 0 Å². The zero-order valence-electron chi connectivity index (χ0n) is 13.1. The van der Waals surface area contributed by atoms with Crippen LogP contribution in [-0.4, -0.2) is 12.6 Å². The number of rotatable bonds is 2. The van der Waals surface area contributed by atoms with Gasteiger partial charge < -0.3 is 4.74 Å². The van der Waals surface area contributed by atoms with Crippen molar-refractivity contribution < 1.29 is 9.53 Å². The first-order valence-electron chi connectivity index (χ1n) is 7.60. The van der Waals surface area contributed by atoms with Gasteiger partial charge in [0.1, 0.15) is 6.61 Å². The van der Waals surface area contributed by atoms with Gasteiger partial charge in [0.15, 0.2) is 0 Å². The van der Waals surface area contributed by atoms with Crippen molar-refractivity contribution >= 4 is 5.97 Å². The summed E-state index contributed by atoms with van der Waals surface area (Å²) in [6.07, 6.45) is 6.32. The van der Waals surface area contributed by atoms with Gasteiger partial charge in [-0.2, -0.15) is 0 Å². The zero-order chi connectivity index (χ0) is 14.3. The Morgan fingerprint density at radius 2 is 2.00 bits per heavy atom. The van der Waals surface area contributed by atoms with Crippen LogP contribution in [0, 0.1) is 16.7 Å². The summed E-state index contributed by atoms with van der Waals surface area (Å²) in [6, 6.07) is 0. The average Bonchev–Trinajstić information content (AvgIpc) is 2.26. The molecular formula is C17H28O2. The fourth-order valence-electron chi connectivity index (χ4n) is 4.65. The monoisotopic (exact) mass is 264 g/mol. The second-order valence-electron chi connectivity index (χ2n) is 7.39. The molecule has 0 aliphatic heterocycles. The summed E-state index contributed by atoms with van der Waals surface area (Å²) >= 11 is 0. The van der Waals surface area contributed by atoms with E-state index in [4.69, 9.17) is 4.74 Å². The van der Waals surface area contributed by atoms with Crippen molar-refractivity contribution in [3.05, 3.63) is 11.1 Å². The van der Waals surface area contributed by atoms with Crippen molar-refractivity contribution in [2.75, 3.05) is 6.61 Å². The molecule has 0 aromatic heterocycles. The molecule has 1 fully saturated rings. The van der Waals surface area contributed by atoms with Gasteiger partial charge in [0, 0.05) is 6.92 Å². The molecular weight excluding hydrogens is 236 g/mol. The Morgan fingerprint density at radius 1 is 1.32 bits per heavy atom. The van der Waals surface area contributed by atoms with Crippen LogP contribution in [0.5, 0.6) is 0 Å². The first kappa shape index (κ1) is 14.6. The Hall–Kier alpha value is -0.790. The standard InChI is InChI=1S/C17H28O2/c1-12-7-8-15-16(3,4)9-6-10-17(15,5)14(12)11-19-13(2)18/h15H,6-11H2,1-5H3/t15-,17+/m0/s1. The van der Waals surface area contributed by atoms with Crippen molar-refractivity contribution in [2.24, 2.45) is 16.7 Å². The molecule has 2 nitrogen and oxygen atoms in total. The van der Waals surface area contributed by atoms with Crippen LogP contribution in [0.15, 0.2) is 11.1 Å². The van der Waals surface area contributed by atoms with Gasteiger partial charge in [-0.05, 0) is 54.9 Å². The third-order valence-electron chi connectivity index (χ3n) is 5.66. The minimum atomic E-state index is -0.166. The van der Waals surface area contributed by atoms with Crippen LogP contribution in [0.2, 0.25) is 0 Å². The van der Waals surface area contributed by atoms with Crippen molar-refractivity contribution in [3.63, 3.8) is 0 Å². The molecule has 0 N–H and O–H groups in total. The van der Waals surface area contributed by atoms with E-state index in [0.29, 0.717) is 12.0 Å². The highest BCUT2D eigenvalue weighted by Gasteiger charge is 2.50. The number of carbonyl (C=O) groups is 1. The molecule has 0 saturated heterocycles. The van der Waals surface area contributed by atoms with Crippen molar-refractivity contribution in [1.82, 2.24) is 0 Å². The molecule has 0 unspecified atom stereocenters. The van der Waals surface area contributed by atoms with E-state index >= 15 is 0 Å². The van der Waals surface area contributed by atoms with Crippen LogP contribution in [0.25, 0.3) is 0 Å². The second-order valence-corrected chi connectivity index (χ2v) is 7.39. The predicted octanol–water partition coefficient (Wildman–Crippen LogP) is 4.49. The van der Waals surface area contributed by atoms with Crippen LogP contribution < -0.4 is 0 Å². The van der Waals surface area contributed by atoms with E-state index in [-0.39, 0.29) is 11.4 Å². The average molecular weight is 264 g/mol. The Balaban J connectivity index is 2.31. The van der Waals surface area contributed by atoms with Gasteiger partial charge >= 0.3 is 5.97 Å². The second kappa shape index (κ2) is 4.96. The van der Waals surface area contributed by atoms with E-state index in [0.717, 1.165) is 5.92 Å². The lowest BCUT2D eigenvalue weighted by Crippen LogP contribution is -2.46. The quantitative estimate of drug-likeness (QED) is 0.542. The molecule has 108 valence electrons. The third kappa shape index (κ3) is 2.59. The van der Waals surface area contributed by atoms with E-state index < -0.39 is 0 Å². The summed E-state index contributed by atoms with van der Waals surface area (Å²) in [6.45, 7) is 11.5. The lowest BCUT2D eigenvalue weighted by atomic mass is 9.50. The SMILES string of the molecule is CC(=O)OCC1=C(C)CC[C@H]2C(C)(C)CCC[C@]12C. The number of ether oxygens (including phenoxy) is 1. The number of allylic oxidation sites excluding steroid dienone is 1. The van der Waals surface area contributed by atoms with Gasteiger partial charge in [0.2, 0.25) is 0 Å². The molecule has 0 radical (unpaired) electrons. The number of hydrogen-bond donors (Lipinski definition) is 0. The highest BCUT2D eigenvalue weighted by atomic mass is 16.5. The summed E-state index contributed by atoms with van der Waals surface area (Å²) in [5.74, 6) is 0.559. The Morgan fingerprint density at radius 3 is 2.63 bits per heavy atom. The molecule has 2 aliphatic carbocycles. The Kier molecular flexibility index (Phi) is 3.81. The number of carbonyl (C=O) groups excluding carboxylic acids is 1. The molecule has 0 spiro atoms. The predicted molar refractivity (Wildman–Crippen MR) is 77.8 cm³/mol. The smallest absolute Gasteiger partial charge is 0.302 e. The normalized spacial score (nSPS) is 33.8. The minimum absolute atomic E-state index is 0.166. The van der Waals surface area contributed by atoms with Crippen LogP contribution in [0.4, 0.5) is 0 Å². The molecule has 0 heterocycles. The summed E-state index contributed by atoms with van der Waals surface area (Å²) in [5, 5.41) is 0. The summed E-state index contributed by atoms with van der Waals surface area (Å²) in [7, 11) is 0. The van der Waals surface area contributed by atoms with Gasteiger partial charge in [-0.25, -0.2) is 0 Å². The largest absolute Gasteiger partial charge is 0.461 e. The first-order chi connectivity index (χ1) is 8.77. The van der Waals surface area contributed by atoms with E-state index in [2.05, 4.69) is 27.7 Å². The maximum atomic E-state index is 11.1. The van der Waals surface area contributed by atoms with E-state index in [1.165, 1.54) is 50.2 Å². The van der Waals surface area contributed by atoms with Gasteiger partial charge in [-0.15, -0.1) is 0 Å². The van der Waals surface area contributed by atoms with Crippen molar-refractivity contribution in [2.45, 2.75) is 66.7 Å². The number of fused-ring (bicyclic) bond motifs is 1. The minimum Gasteiger partial charge on any atom is -0.461 e. The molecule has 19 heavy (non-hydrogen) atoms. The van der Waals surface area contributed by atoms with Crippen LogP contribution in [-0.2, 0) is 9.53 Å². The summed E-state index contributed by atoms with van der Waals surface area (Å²) in [5.41, 5.74) is 3.51. The van der Waals surface area contributed by atoms with Crippen molar-refractivity contribution in [1.29, 1.82) is 0 Å². The lowest BCUT2D eigenvalue weighted by Gasteiger charge is -2.55. The number of esters is 1. The van der Waals surface area contributed by atoms with Crippen LogP contribution in [0.1, 0.15) is 66.7 Å². The van der Waals surface area contributed by atoms with Gasteiger partial charge in [-0.3, -0.25) is 4.79 Å². The number of hydrogen-bond acceptors (Lipinski definition) is 2. The molecule has 1 saturated carbocycles. The van der Waals surface area contributed by atoms with Gasteiger partial charge in [0.25, 0.3) is 0 Å². The first-order valence-corrected chi connectivity index (χ1v) is 7.60. The topological polar surface area (TPSA) is 26.3 Å². The molecule has 0 aromatic rings. The molecule has 2 atom stereocenters. The van der Waals surface area contributed by atoms with E-state index in [1.807, 2.05) is 0 Å². The molecule has 2 aliphatic rings. The fourth-order valence-corrected chi connectivity index (χ4v) is 4.65. The molecule has 2 rings (SSSR count). The highest BCUT2D eigenvalue weighted by molar-refractivity contribution is 5.66. The summed E-state index contributed by atoms with van der Waals surface area (Å²) in [4.78, 5) is 11.1. The van der Waals surface area contributed by atoms with E-state index in [1.54, 1.807) is 0 Å². The van der Waals surface area contributed by atoms with E-state index in [9.17, 15) is 4.79 Å². The third-order valence-corrected chi connectivity index (χ3v) is 5.66. The van der Waals surface area contributed by atoms with Crippen LogP contribution in [0.3, 0.4) is 0 Å².